The first-order valence-electron chi connectivity index (χ1n) is 6.61. The molecule has 0 spiro atoms. The monoisotopic (exact) mass is 313 g/mol. The minimum absolute atomic E-state index is 0.525. The van der Waals surface area contributed by atoms with Gasteiger partial charge in [0.1, 0.15) is 0 Å². The minimum atomic E-state index is -4.47. The zero-order valence-electron chi connectivity index (χ0n) is 11.4. The summed E-state index contributed by atoms with van der Waals surface area (Å²) in [7, 11) is 0. The first-order chi connectivity index (χ1) is 9.93. The molecule has 0 N–H and O–H groups in total. The van der Waals surface area contributed by atoms with E-state index in [0.29, 0.717) is 18.7 Å². The number of thiophene rings is 1. The van der Waals surface area contributed by atoms with E-state index in [4.69, 9.17) is 0 Å². The molecule has 2 aromatic rings. The van der Waals surface area contributed by atoms with Gasteiger partial charge in [-0.3, -0.25) is 4.90 Å². The summed E-state index contributed by atoms with van der Waals surface area (Å²) in [5, 5.41) is 2.06. The van der Waals surface area contributed by atoms with Crippen LogP contribution in [0.2, 0.25) is 0 Å². The van der Waals surface area contributed by atoms with Gasteiger partial charge >= 0.3 is 6.18 Å². The molecule has 0 atom stereocenters. The maximum atomic E-state index is 12.6. The lowest BCUT2D eigenvalue weighted by molar-refractivity contribution is -0.145. The lowest BCUT2D eigenvalue weighted by Gasteiger charge is -2.28. The van der Waals surface area contributed by atoms with E-state index in [1.807, 2.05) is 0 Å². The molecule has 0 aliphatic carbocycles. The number of hydrogen-bond acceptors (Lipinski definition) is 4. The van der Waals surface area contributed by atoms with Gasteiger partial charge < -0.3 is 0 Å². The lowest BCUT2D eigenvalue weighted by Crippen LogP contribution is -2.31. The van der Waals surface area contributed by atoms with Crippen LogP contribution < -0.4 is 0 Å². The van der Waals surface area contributed by atoms with Crippen molar-refractivity contribution in [1.82, 2.24) is 14.9 Å². The van der Waals surface area contributed by atoms with E-state index in [2.05, 4.69) is 33.2 Å². The Morgan fingerprint density at radius 3 is 2.86 bits per heavy atom. The van der Waals surface area contributed by atoms with Gasteiger partial charge in [-0.2, -0.15) is 13.2 Å². The maximum Gasteiger partial charge on any atom is 0.451 e. The fraction of sp³-hybridized carbons (Fsp3) is 0.429. The van der Waals surface area contributed by atoms with Gasteiger partial charge in [-0.1, -0.05) is 0 Å². The number of aryl methyl sites for hydroxylation is 1. The second-order valence-corrected chi connectivity index (χ2v) is 6.15. The number of rotatable bonds is 2. The molecule has 1 aliphatic rings. The van der Waals surface area contributed by atoms with Crippen molar-refractivity contribution in [2.24, 2.45) is 0 Å². The third kappa shape index (κ3) is 3.08. The van der Waals surface area contributed by atoms with Crippen LogP contribution in [0.5, 0.6) is 0 Å². The topological polar surface area (TPSA) is 29.0 Å². The first kappa shape index (κ1) is 14.5. The Labute approximate surface area is 124 Å². The van der Waals surface area contributed by atoms with E-state index in [1.54, 1.807) is 11.3 Å². The zero-order valence-corrected chi connectivity index (χ0v) is 12.3. The third-order valence-electron chi connectivity index (χ3n) is 3.60. The predicted molar refractivity (Wildman–Crippen MR) is 73.9 cm³/mol. The fourth-order valence-corrected chi connectivity index (χ4v) is 3.36. The molecule has 0 amide bonds. The summed E-state index contributed by atoms with van der Waals surface area (Å²) in [4.78, 5) is 10.6. The van der Waals surface area contributed by atoms with Crippen molar-refractivity contribution in [1.29, 1.82) is 0 Å². The van der Waals surface area contributed by atoms with Crippen LogP contribution in [0.1, 0.15) is 27.5 Å². The molecule has 0 bridgehead atoms. The van der Waals surface area contributed by atoms with Crippen LogP contribution in [0.25, 0.3) is 0 Å². The molecule has 0 radical (unpaired) electrons. The zero-order chi connectivity index (χ0) is 15.0. The van der Waals surface area contributed by atoms with Crippen LogP contribution in [0.15, 0.2) is 17.6 Å². The Morgan fingerprint density at radius 2 is 2.19 bits per heavy atom. The van der Waals surface area contributed by atoms with E-state index < -0.39 is 12.0 Å². The van der Waals surface area contributed by atoms with Gasteiger partial charge in [-0.25, -0.2) is 9.97 Å². The van der Waals surface area contributed by atoms with E-state index in [-0.39, 0.29) is 0 Å². The van der Waals surface area contributed by atoms with Crippen LogP contribution >= 0.6 is 11.3 Å². The lowest BCUT2D eigenvalue weighted by atomic mass is 10.1. The van der Waals surface area contributed by atoms with Crippen molar-refractivity contribution >= 4 is 11.3 Å². The summed E-state index contributed by atoms with van der Waals surface area (Å²) in [5.74, 6) is -1.04. The Morgan fingerprint density at radius 1 is 1.38 bits per heavy atom. The van der Waals surface area contributed by atoms with Gasteiger partial charge in [0.25, 0.3) is 0 Å². The molecule has 21 heavy (non-hydrogen) atoms. The number of hydrogen-bond donors (Lipinski definition) is 0. The number of fused-ring (bicyclic) bond motifs is 1. The summed E-state index contributed by atoms with van der Waals surface area (Å²) in [6.07, 6.45) is -2.62. The summed E-state index contributed by atoms with van der Waals surface area (Å²) in [5.41, 5.74) is 2.58. The molecule has 0 saturated heterocycles. The summed E-state index contributed by atoms with van der Waals surface area (Å²) in [6.45, 7) is 4.22. The summed E-state index contributed by atoms with van der Waals surface area (Å²) >= 11 is 1.71. The van der Waals surface area contributed by atoms with Gasteiger partial charge in [-0.15, -0.1) is 11.3 Å². The predicted octanol–water partition coefficient (Wildman–Crippen LogP) is 3.42. The van der Waals surface area contributed by atoms with Gasteiger partial charge in [0.05, 0.1) is 5.69 Å². The van der Waals surface area contributed by atoms with Crippen LogP contribution in [-0.2, 0) is 25.7 Å². The molecule has 0 fully saturated rings. The van der Waals surface area contributed by atoms with Crippen LogP contribution in [0.3, 0.4) is 0 Å². The number of halogens is 3. The van der Waals surface area contributed by atoms with Crippen molar-refractivity contribution in [2.75, 3.05) is 6.54 Å². The average molecular weight is 313 g/mol. The largest absolute Gasteiger partial charge is 0.451 e. The highest BCUT2D eigenvalue weighted by Gasteiger charge is 2.35. The van der Waals surface area contributed by atoms with Crippen molar-refractivity contribution in [3.8, 4) is 0 Å². The Hall–Kier alpha value is -1.47. The highest BCUT2D eigenvalue weighted by atomic mass is 32.1. The molecule has 0 unspecified atom stereocenters. The average Bonchev–Trinajstić information content (AvgIpc) is 2.82. The molecule has 3 rings (SSSR count). The molecule has 7 heteroatoms. The molecule has 3 nitrogen and oxygen atoms in total. The highest BCUT2D eigenvalue weighted by molar-refractivity contribution is 7.10. The molecule has 2 aromatic heterocycles. The van der Waals surface area contributed by atoms with Crippen molar-refractivity contribution in [2.45, 2.75) is 32.6 Å². The van der Waals surface area contributed by atoms with Crippen LogP contribution in [0, 0.1) is 6.92 Å². The van der Waals surface area contributed by atoms with Crippen molar-refractivity contribution < 1.29 is 13.2 Å². The fourth-order valence-electron chi connectivity index (χ4n) is 2.42. The van der Waals surface area contributed by atoms with Gasteiger partial charge in [0.2, 0.25) is 5.82 Å². The molecule has 112 valence electrons. The Bertz CT molecular complexity index is 651. The second kappa shape index (κ2) is 5.38. The Balaban J connectivity index is 1.76. The second-order valence-electron chi connectivity index (χ2n) is 5.15. The molecule has 0 aromatic carbocycles. The third-order valence-corrected chi connectivity index (χ3v) is 4.61. The molecule has 3 heterocycles. The number of nitrogens with zero attached hydrogens (tertiary/aromatic N) is 3. The molecular formula is C14H14F3N3S. The van der Waals surface area contributed by atoms with E-state index >= 15 is 0 Å². The minimum Gasteiger partial charge on any atom is -0.293 e. The quantitative estimate of drug-likeness (QED) is 0.850. The number of alkyl halides is 3. The number of aromatic nitrogens is 2. The highest BCUT2D eigenvalue weighted by Crippen LogP contribution is 2.28. The van der Waals surface area contributed by atoms with Crippen molar-refractivity contribution in [3.63, 3.8) is 0 Å². The van der Waals surface area contributed by atoms with Gasteiger partial charge in [0, 0.05) is 42.7 Å². The maximum absolute atomic E-state index is 12.6. The van der Waals surface area contributed by atoms with Crippen LogP contribution in [-0.4, -0.2) is 21.4 Å². The standard InChI is InChI=1S/C14H14F3N3S/c1-9-3-5-21-12(9)8-20-4-2-11-10(7-20)6-18-13(19-11)14(15,16)17/h3,5-6H,2,4,7-8H2,1H3. The smallest absolute Gasteiger partial charge is 0.293 e. The summed E-state index contributed by atoms with van der Waals surface area (Å²) < 4.78 is 37.8. The molecule has 0 saturated carbocycles. The Kier molecular flexibility index (Phi) is 3.71. The van der Waals surface area contributed by atoms with E-state index in [1.165, 1.54) is 16.6 Å². The van der Waals surface area contributed by atoms with Gasteiger partial charge in [0.15, 0.2) is 0 Å². The van der Waals surface area contributed by atoms with Gasteiger partial charge in [-0.05, 0) is 23.9 Å². The van der Waals surface area contributed by atoms with Crippen molar-refractivity contribution in [3.05, 3.63) is 45.2 Å². The van der Waals surface area contributed by atoms with E-state index in [9.17, 15) is 13.2 Å². The normalized spacial score (nSPS) is 16.0. The SMILES string of the molecule is Cc1ccsc1CN1CCc2nc(C(F)(F)F)ncc2C1. The molecule has 1 aliphatic heterocycles. The van der Waals surface area contributed by atoms with E-state index in [0.717, 1.165) is 18.7 Å². The molecular weight excluding hydrogens is 299 g/mol. The summed E-state index contributed by atoms with van der Waals surface area (Å²) in [6, 6.07) is 2.08. The van der Waals surface area contributed by atoms with Crippen LogP contribution in [0.4, 0.5) is 13.2 Å². The first-order valence-corrected chi connectivity index (χ1v) is 7.49.